The van der Waals surface area contributed by atoms with E-state index < -0.39 is 0 Å². The normalized spacial score (nSPS) is 22.3. The lowest BCUT2D eigenvalue weighted by atomic mass is 9.75. The highest BCUT2D eigenvalue weighted by atomic mass is 35.5. The average Bonchev–Trinajstić information content (AvgIpc) is 2.48. The van der Waals surface area contributed by atoms with Crippen molar-refractivity contribution in [2.24, 2.45) is 5.92 Å². The van der Waals surface area contributed by atoms with E-state index >= 15 is 0 Å². The Balaban J connectivity index is 2.23. The average molecular weight is 330 g/mol. The summed E-state index contributed by atoms with van der Waals surface area (Å²) in [4.78, 5) is 11.8. The monoisotopic (exact) mass is 329 g/mol. The van der Waals surface area contributed by atoms with E-state index in [2.05, 4.69) is 5.32 Å². The van der Waals surface area contributed by atoms with E-state index in [1.807, 2.05) is 26.0 Å². The molecule has 1 aliphatic rings. The summed E-state index contributed by atoms with van der Waals surface area (Å²) in [5.41, 5.74) is 0.845. The smallest absolute Gasteiger partial charge is 0.308 e. The fourth-order valence-electron chi connectivity index (χ4n) is 2.62. The van der Waals surface area contributed by atoms with Gasteiger partial charge in [-0.3, -0.25) is 4.79 Å². The van der Waals surface area contributed by atoms with Crippen LogP contribution in [0.3, 0.4) is 0 Å². The lowest BCUT2D eigenvalue weighted by Gasteiger charge is -2.38. The molecule has 21 heavy (non-hydrogen) atoms. The van der Waals surface area contributed by atoms with Gasteiger partial charge in [-0.2, -0.15) is 0 Å². The van der Waals surface area contributed by atoms with Crippen LogP contribution in [0.25, 0.3) is 0 Å². The minimum absolute atomic E-state index is 0.118. The van der Waals surface area contributed by atoms with Crippen molar-refractivity contribution in [3.05, 3.63) is 33.8 Å². The van der Waals surface area contributed by atoms with Crippen LogP contribution in [-0.4, -0.2) is 25.7 Å². The Morgan fingerprint density at radius 3 is 2.71 bits per heavy atom. The fraction of sp³-hybridized carbons (Fsp3) is 0.562. The van der Waals surface area contributed by atoms with Gasteiger partial charge in [-0.05, 0) is 37.1 Å². The summed E-state index contributed by atoms with van der Waals surface area (Å²) in [5.74, 6) is -0.285. The molecule has 0 saturated carbocycles. The number of esters is 1. The molecule has 1 N–H and O–H groups in total. The highest BCUT2D eigenvalue weighted by Crippen LogP contribution is 2.35. The van der Waals surface area contributed by atoms with E-state index in [-0.39, 0.29) is 17.3 Å². The Kier molecular flexibility index (Phi) is 5.53. The zero-order valence-corrected chi connectivity index (χ0v) is 13.9. The van der Waals surface area contributed by atoms with Gasteiger partial charge in [-0.1, -0.05) is 43.1 Å². The van der Waals surface area contributed by atoms with Crippen molar-refractivity contribution in [1.82, 2.24) is 5.32 Å². The van der Waals surface area contributed by atoms with Crippen molar-refractivity contribution in [3.63, 3.8) is 0 Å². The number of carbonyl (C=O) groups is 1. The summed E-state index contributed by atoms with van der Waals surface area (Å²) < 4.78 is 5.52. The van der Waals surface area contributed by atoms with Gasteiger partial charge < -0.3 is 10.1 Å². The first-order valence-corrected chi connectivity index (χ1v) is 8.03. The van der Waals surface area contributed by atoms with E-state index in [0.717, 1.165) is 31.5 Å². The Bertz CT molecular complexity index is 511. The summed E-state index contributed by atoms with van der Waals surface area (Å²) >= 11 is 12.1. The third kappa shape index (κ3) is 3.91. The standard InChI is InChI=1S/C16H21Cl2NO2/c1-11(2)15(20)21-10-16(6-3-7-19-9-16)12-4-5-13(17)14(18)8-12/h4-5,8,11,19H,3,6-7,9-10H2,1-2H3/t16-/m0/s1. The summed E-state index contributed by atoms with van der Waals surface area (Å²) in [6.07, 6.45) is 2.00. The molecule has 1 aliphatic heterocycles. The number of rotatable bonds is 4. The molecule has 0 bridgehead atoms. The van der Waals surface area contributed by atoms with Crippen LogP contribution < -0.4 is 5.32 Å². The van der Waals surface area contributed by atoms with E-state index in [0.29, 0.717) is 16.7 Å². The highest BCUT2D eigenvalue weighted by Gasteiger charge is 2.36. The Labute approximate surface area is 136 Å². The summed E-state index contributed by atoms with van der Waals surface area (Å²) in [6.45, 7) is 5.81. The lowest BCUT2D eigenvalue weighted by molar-refractivity contribution is -0.149. The minimum Gasteiger partial charge on any atom is -0.464 e. The van der Waals surface area contributed by atoms with Crippen molar-refractivity contribution in [1.29, 1.82) is 0 Å². The summed E-state index contributed by atoms with van der Waals surface area (Å²) in [7, 11) is 0. The second-order valence-electron chi connectivity index (χ2n) is 5.95. The molecule has 0 amide bonds. The lowest BCUT2D eigenvalue weighted by Crippen LogP contribution is -2.47. The number of piperidine rings is 1. The van der Waals surface area contributed by atoms with Crippen LogP contribution in [0.5, 0.6) is 0 Å². The van der Waals surface area contributed by atoms with Gasteiger partial charge in [0.2, 0.25) is 0 Å². The van der Waals surface area contributed by atoms with Crippen LogP contribution in [0.15, 0.2) is 18.2 Å². The quantitative estimate of drug-likeness (QED) is 0.853. The predicted molar refractivity (Wildman–Crippen MR) is 86.0 cm³/mol. The number of halogens is 2. The molecule has 2 rings (SSSR count). The van der Waals surface area contributed by atoms with Crippen LogP contribution in [0.4, 0.5) is 0 Å². The first kappa shape index (κ1) is 16.6. The number of hydrogen-bond acceptors (Lipinski definition) is 3. The molecule has 0 unspecified atom stereocenters. The Morgan fingerprint density at radius 2 is 2.14 bits per heavy atom. The number of carbonyl (C=O) groups excluding carboxylic acids is 1. The third-order valence-corrected chi connectivity index (χ3v) is 4.71. The molecular formula is C16H21Cl2NO2. The van der Waals surface area contributed by atoms with Crippen molar-refractivity contribution < 1.29 is 9.53 Å². The molecule has 0 radical (unpaired) electrons. The molecule has 1 heterocycles. The fourth-order valence-corrected chi connectivity index (χ4v) is 2.92. The maximum absolute atomic E-state index is 11.8. The predicted octanol–water partition coefficient (Wildman–Crippen LogP) is 3.81. The van der Waals surface area contributed by atoms with Gasteiger partial charge in [0.25, 0.3) is 0 Å². The number of hydrogen-bond donors (Lipinski definition) is 1. The van der Waals surface area contributed by atoms with Crippen LogP contribution in [0, 0.1) is 5.92 Å². The largest absolute Gasteiger partial charge is 0.464 e. The number of nitrogens with one attached hydrogen (secondary N) is 1. The van der Waals surface area contributed by atoms with E-state index in [1.54, 1.807) is 6.07 Å². The molecule has 116 valence electrons. The van der Waals surface area contributed by atoms with Gasteiger partial charge in [-0.25, -0.2) is 0 Å². The summed E-state index contributed by atoms with van der Waals surface area (Å²) in [5, 5.41) is 4.47. The molecule has 1 aromatic rings. The molecular weight excluding hydrogens is 309 g/mol. The maximum Gasteiger partial charge on any atom is 0.308 e. The number of benzene rings is 1. The zero-order valence-electron chi connectivity index (χ0n) is 12.4. The van der Waals surface area contributed by atoms with Gasteiger partial charge in [0.1, 0.15) is 6.61 Å². The van der Waals surface area contributed by atoms with E-state index in [1.165, 1.54) is 0 Å². The second kappa shape index (κ2) is 6.99. The number of ether oxygens (including phenoxy) is 1. The van der Waals surface area contributed by atoms with Crippen molar-refractivity contribution in [3.8, 4) is 0 Å². The van der Waals surface area contributed by atoms with E-state index in [4.69, 9.17) is 27.9 Å². The molecule has 1 fully saturated rings. The van der Waals surface area contributed by atoms with Crippen LogP contribution in [-0.2, 0) is 14.9 Å². The van der Waals surface area contributed by atoms with Gasteiger partial charge in [0.15, 0.2) is 0 Å². The van der Waals surface area contributed by atoms with Crippen LogP contribution in [0.2, 0.25) is 10.0 Å². The SMILES string of the molecule is CC(C)C(=O)OC[C@]1(c2ccc(Cl)c(Cl)c2)CCCNC1. The first-order chi connectivity index (χ1) is 9.94. The van der Waals surface area contributed by atoms with E-state index in [9.17, 15) is 4.79 Å². The van der Waals surface area contributed by atoms with Crippen molar-refractivity contribution in [2.75, 3.05) is 19.7 Å². The second-order valence-corrected chi connectivity index (χ2v) is 6.77. The highest BCUT2D eigenvalue weighted by molar-refractivity contribution is 6.42. The summed E-state index contributed by atoms with van der Waals surface area (Å²) in [6, 6.07) is 5.67. The molecule has 0 aromatic heterocycles. The molecule has 1 saturated heterocycles. The molecule has 3 nitrogen and oxygen atoms in total. The topological polar surface area (TPSA) is 38.3 Å². The van der Waals surface area contributed by atoms with Crippen LogP contribution in [0.1, 0.15) is 32.3 Å². The van der Waals surface area contributed by atoms with Crippen molar-refractivity contribution >= 4 is 29.2 Å². The van der Waals surface area contributed by atoms with Gasteiger partial charge in [0, 0.05) is 12.0 Å². The van der Waals surface area contributed by atoms with Crippen molar-refractivity contribution in [2.45, 2.75) is 32.1 Å². The molecule has 0 spiro atoms. The van der Waals surface area contributed by atoms with Gasteiger partial charge in [-0.15, -0.1) is 0 Å². The molecule has 5 heteroatoms. The Morgan fingerprint density at radius 1 is 1.38 bits per heavy atom. The first-order valence-electron chi connectivity index (χ1n) is 7.27. The van der Waals surface area contributed by atoms with Crippen LogP contribution >= 0.6 is 23.2 Å². The molecule has 0 aliphatic carbocycles. The van der Waals surface area contributed by atoms with Gasteiger partial charge >= 0.3 is 5.97 Å². The Hall–Kier alpha value is -0.770. The molecule has 1 aromatic carbocycles. The van der Waals surface area contributed by atoms with Gasteiger partial charge in [0.05, 0.1) is 16.0 Å². The minimum atomic E-state index is -0.225. The maximum atomic E-state index is 11.8. The molecule has 1 atom stereocenters. The third-order valence-electron chi connectivity index (χ3n) is 3.97. The zero-order chi connectivity index (χ0) is 15.5.